The molecule has 3 aromatic rings. The van der Waals surface area contributed by atoms with Crippen molar-refractivity contribution in [3.63, 3.8) is 0 Å². The molecule has 0 radical (unpaired) electrons. The molecule has 0 aliphatic carbocycles. The van der Waals surface area contributed by atoms with Crippen molar-refractivity contribution in [2.75, 3.05) is 12.9 Å². The monoisotopic (exact) mass is 400 g/mol. The summed E-state index contributed by atoms with van der Waals surface area (Å²) < 4.78 is 8.14. The van der Waals surface area contributed by atoms with Gasteiger partial charge in [-0.2, -0.15) is 9.78 Å². The molecule has 0 unspecified atom stereocenters. The third-order valence-electron chi connectivity index (χ3n) is 3.66. The summed E-state index contributed by atoms with van der Waals surface area (Å²) in [6, 6.07) is 15.9. The number of hydrogen-bond donors (Lipinski definition) is 0. The summed E-state index contributed by atoms with van der Waals surface area (Å²) in [6.45, 7) is 0. The Morgan fingerprint density at radius 1 is 1.08 bits per heavy atom. The molecule has 4 rings (SSSR count). The molecule has 1 aliphatic rings. The molecule has 0 atom stereocenters. The molecule has 1 aliphatic heterocycles. The standard InChI is InChI=1S/C17H13BrN4OS/c1-23-14-7-3-5-12(9-14)16-19-20-17-22(16)21-15(10-24-17)11-4-2-6-13(18)8-11/h2-9H,10H2,1H3. The maximum Gasteiger partial charge on any atom is 0.212 e. The smallest absolute Gasteiger partial charge is 0.212 e. The molecule has 120 valence electrons. The second-order valence-electron chi connectivity index (χ2n) is 5.20. The van der Waals surface area contributed by atoms with E-state index in [-0.39, 0.29) is 0 Å². The second kappa shape index (κ2) is 6.41. The summed E-state index contributed by atoms with van der Waals surface area (Å²) in [5.74, 6) is 2.26. The van der Waals surface area contributed by atoms with Gasteiger partial charge in [-0.05, 0) is 29.8 Å². The first-order valence-corrected chi connectivity index (χ1v) is 9.09. The number of thioether (sulfide) groups is 1. The highest BCUT2D eigenvalue weighted by Gasteiger charge is 2.21. The van der Waals surface area contributed by atoms with Crippen LogP contribution >= 0.6 is 27.7 Å². The van der Waals surface area contributed by atoms with Crippen LogP contribution in [0, 0.1) is 0 Å². The quantitative estimate of drug-likeness (QED) is 0.664. The average Bonchev–Trinajstić information content (AvgIpc) is 3.05. The number of fused-ring (bicyclic) bond motifs is 1. The summed E-state index contributed by atoms with van der Waals surface area (Å²) in [6.07, 6.45) is 0. The Morgan fingerprint density at radius 2 is 1.92 bits per heavy atom. The lowest BCUT2D eigenvalue weighted by molar-refractivity contribution is 0.415. The van der Waals surface area contributed by atoms with E-state index in [0.717, 1.165) is 38.0 Å². The van der Waals surface area contributed by atoms with Crippen molar-refractivity contribution in [3.05, 3.63) is 58.6 Å². The number of halogens is 1. The van der Waals surface area contributed by atoms with Gasteiger partial charge < -0.3 is 4.74 Å². The number of ether oxygens (including phenoxy) is 1. The Labute approximate surface area is 151 Å². The summed E-state index contributed by atoms with van der Waals surface area (Å²) in [7, 11) is 1.65. The lowest BCUT2D eigenvalue weighted by atomic mass is 10.1. The van der Waals surface area contributed by atoms with Crippen LogP contribution in [0.25, 0.3) is 11.4 Å². The zero-order valence-corrected chi connectivity index (χ0v) is 15.2. The highest BCUT2D eigenvalue weighted by molar-refractivity contribution is 9.10. The fraction of sp³-hybridized carbons (Fsp3) is 0.118. The van der Waals surface area contributed by atoms with Gasteiger partial charge in [-0.15, -0.1) is 10.2 Å². The van der Waals surface area contributed by atoms with E-state index in [1.54, 1.807) is 23.5 Å². The van der Waals surface area contributed by atoms with Crippen LogP contribution in [0.4, 0.5) is 0 Å². The first-order valence-electron chi connectivity index (χ1n) is 7.31. The minimum atomic E-state index is 0.712. The molecule has 0 fully saturated rings. The minimum absolute atomic E-state index is 0.712. The van der Waals surface area contributed by atoms with Crippen molar-refractivity contribution in [2.45, 2.75) is 5.16 Å². The van der Waals surface area contributed by atoms with Gasteiger partial charge in [0, 0.05) is 15.8 Å². The topological polar surface area (TPSA) is 52.3 Å². The van der Waals surface area contributed by atoms with E-state index in [0.29, 0.717) is 5.82 Å². The second-order valence-corrected chi connectivity index (χ2v) is 7.05. The van der Waals surface area contributed by atoms with Crippen LogP contribution < -0.4 is 4.74 Å². The number of aromatic nitrogens is 3. The molecule has 0 spiro atoms. The summed E-state index contributed by atoms with van der Waals surface area (Å²) in [4.78, 5) is 0. The normalized spacial score (nSPS) is 13.3. The van der Waals surface area contributed by atoms with Crippen LogP contribution in [0.15, 0.2) is 63.3 Å². The van der Waals surface area contributed by atoms with Gasteiger partial charge in [0.25, 0.3) is 0 Å². The number of nitrogens with zero attached hydrogens (tertiary/aromatic N) is 4. The third kappa shape index (κ3) is 2.85. The third-order valence-corrected chi connectivity index (χ3v) is 5.08. The highest BCUT2D eigenvalue weighted by Crippen LogP contribution is 2.30. The van der Waals surface area contributed by atoms with Gasteiger partial charge in [-0.25, -0.2) is 0 Å². The van der Waals surface area contributed by atoms with Crippen molar-refractivity contribution in [1.82, 2.24) is 14.9 Å². The molecule has 0 amide bonds. The molecule has 0 N–H and O–H groups in total. The predicted octanol–water partition coefficient (Wildman–Crippen LogP) is 4.07. The molecule has 24 heavy (non-hydrogen) atoms. The Balaban J connectivity index is 1.79. The lowest BCUT2D eigenvalue weighted by Gasteiger charge is -2.14. The maximum atomic E-state index is 5.30. The summed E-state index contributed by atoms with van der Waals surface area (Å²) in [5.41, 5.74) is 3.01. The zero-order valence-electron chi connectivity index (χ0n) is 12.8. The molecular weight excluding hydrogens is 388 g/mol. The Morgan fingerprint density at radius 3 is 2.75 bits per heavy atom. The van der Waals surface area contributed by atoms with Crippen molar-refractivity contribution in [3.8, 4) is 17.1 Å². The van der Waals surface area contributed by atoms with E-state index in [9.17, 15) is 0 Å². The van der Waals surface area contributed by atoms with Crippen molar-refractivity contribution < 1.29 is 4.74 Å². The van der Waals surface area contributed by atoms with E-state index >= 15 is 0 Å². The van der Waals surface area contributed by atoms with Crippen molar-refractivity contribution in [1.29, 1.82) is 0 Å². The van der Waals surface area contributed by atoms with E-state index < -0.39 is 0 Å². The number of hydrogen-bond acceptors (Lipinski definition) is 5. The van der Waals surface area contributed by atoms with Crippen LogP contribution in [0.3, 0.4) is 0 Å². The number of rotatable bonds is 3. The van der Waals surface area contributed by atoms with Crippen LogP contribution in [-0.2, 0) is 0 Å². The molecule has 0 saturated heterocycles. The van der Waals surface area contributed by atoms with Crippen LogP contribution in [0.1, 0.15) is 5.56 Å². The Hall–Kier alpha value is -2.12. The van der Waals surface area contributed by atoms with Gasteiger partial charge in [-0.1, -0.05) is 52.0 Å². The van der Waals surface area contributed by atoms with Crippen LogP contribution in [0.5, 0.6) is 5.75 Å². The fourth-order valence-electron chi connectivity index (χ4n) is 2.48. The van der Waals surface area contributed by atoms with Gasteiger partial charge in [-0.3, -0.25) is 0 Å². The van der Waals surface area contributed by atoms with Crippen molar-refractivity contribution >= 4 is 33.4 Å². The van der Waals surface area contributed by atoms with Crippen molar-refractivity contribution in [2.24, 2.45) is 5.10 Å². The fourth-order valence-corrected chi connectivity index (χ4v) is 3.72. The highest BCUT2D eigenvalue weighted by atomic mass is 79.9. The number of benzene rings is 2. The van der Waals surface area contributed by atoms with Gasteiger partial charge in [0.15, 0.2) is 5.82 Å². The predicted molar refractivity (Wildman–Crippen MR) is 98.8 cm³/mol. The maximum absolute atomic E-state index is 5.30. The average molecular weight is 401 g/mol. The SMILES string of the molecule is COc1cccc(-c2nnc3n2N=C(c2cccc(Br)c2)CS3)c1. The first-order chi connectivity index (χ1) is 11.7. The number of methoxy groups -OCH3 is 1. The van der Waals surface area contributed by atoms with E-state index in [1.165, 1.54) is 0 Å². The molecule has 1 aromatic heterocycles. The van der Waals surface area contributed by atoms with Crippen LogP contribution in [0.2, 0.25) is 0 Å². The van der Waals surface area contributed by atoms with E-state index in [4.69, 9.17) is 9.84 Å². The van der Waals surface area contributed by atoms with E-state index in [1.807, 2.05) is 36.4 Å². The van der Waals surface area contributed by atoms with Gasteiger partial charge >= 0.3 is 0 Å². The molecule has 0 bridgehead atoms. The van der Waals surface area contributed by atoms with E-state index in [2.05, 4.69) is 38.3 Å². The molecule has 7 heteroatoms. The molecule has 2 aromatic carbocycles. The van der Waals surface area contributed by atoms with Gasteiger partial charge in [0.2, 0.25) is 5.16 Å². The largest absolute Gasteiger partial charge is 0.497 e. The van der Waals surface area contributed by atoms with Crippen LogP contribution in [-0.4, -0.2) is 33.4 Å². The molecule has 0 saturated carbocycles. The molecule has 5 nitrogen and oxygen atoms in total. The summed E-state index contributed by atoms with van der Waals surface area (Å²) in [5, 5.41) is 14.1. The molecular formula is C17H13BrN4OS. The summed E-state index contributed by atoms with van der Waals surface area (Å²) >= 11 is 5.15. The van der Waals surface area contributed by atoms with Gasteiger partial charge in [0.05, 0.1) is 12.8 Å². The first kappa shape index (κ1) is 15.4. The van der Waals surface area contributed by atoms with Gasteiger partial charge in [0.1, 0.15) is 5.75 Å². The molecule has 2 heterocycles. The minimum Gasteiger partial charge on any atom is -0.497 e. The zero-order chi connectivity index (χ0) is 16.5. The Kier molecular flexibility index (Phi) is 4.12. The Bertz CT molecular complexity index is 938. The lowest BCUT2D eigenvalue weighted by Crippen LogP contribution is -2.13.